The fraction of sp³-hybridized carbons (Fsp3) is 0.267. The lowest BCUT2D eigenvalue weighted by atomic mass is 10.0. The van der Waals surface area contributed by atoms with Crippen molar-refractivity contribution in [2.24, 2.45) is 5.73 Å². The van der Waals surface area contributed by atoms with Crippen LogP contribution in [0.15, 0.2) is 36.7 Å². The van der Waals surface area contributed by atoms with Crippen molar-refractivity contribution in [2.45, 2.75) is 26.0 Å². The predicted octanol–water partition coefficient (Wildman–Crippen LogP) is 3.20. The molecule has 1 unspecified atom stereocenters. The smallest absolute Gasteiger partial charge is 0.138 e. The van der Waals surface area contributed by atoms with E-state index in [1.165, 1.54) is 6.20 Å². The summed E-state index contributed by atoms with van der Waals surface area (Å²) in [7, 11) is 0. The third kappa shape index (κ3) is 3.30. The molecule has 0 amide bonds. The van der Waals surface area contributed by atoms with E-state index >= 15 is 0 Å². The molecule has 0 saturated carbocycles. The molecule has 0 fully saturated rings. The van der Waals surface area contributed by atoms with Crippen LogP contribution >= 0.6 is 0 Å². The SMILES string of the molecule is CC(C)Oc1cncc(C(N)c2cc(F)ccc2F)c1. The van der Waals surface area contributed by atoms with Gasteiger partial charge in [-0.3, -0.25) is 4.98 Å². The lowest BCUT2D eigenvalue weighted by Gasteiger charge is -2.15. The molecule has 0 aliphatic carbocycles. The molecule has 2 rings (SSSR count). The molecule has 1 aromatic heterocycles. The van der Waals surface area contributed by atoms with Crippen molar-refractivity contribution in [3.63, 3.8) is 0 Å². The lowest BCUT2D eigenvalue weighted by Crippen LogP contribution is -2.15. The zero-order valence-electron chi connectivity index (χ0n) is 11.3. The van der Waals surface area contributed by atoms with Gasteiger partial charge in [0.2, 0.25) is 0 Å². The molecule has 1 atom stereocenters. The van der Waals surface area contributed by atoms with E-state index in [2.05, 4.69) is 4.98 Å². The summed E-state index contributed by atoms with van der Waals surface area (Å²) in [6.45, 7) is 3.78. The first kappa shape index (κ1) is 14.4. The molecule has 2 N–H and O–H groups in total. The molecule has 106 valence electrons. The number of halogens is 2. The minimum Gasteiger partial charge on any atom is -0.489 e. The summed E-state index contributed by atoms with van der Waals surface area (Å²) in [5.41, 5.74) is 6.64. The number of nitrogens with zero attached hydrogens (tertiary/aromatic N) is 1. The van der Waals surface area contributed by atoms with Gasteiger partial charge in [0.25, 0.3) is 0 Å². The highest BCUT2D eigenvalue weighted by Gasteiger charge is 2.16. The van der Waals surface area contributed by atoms with Crippen molar-refractivity contribution in [3.8, 4) is 5.75 Å². The van der Waals surface area contributed by atoms with E-state index in [1.54, 1.807) is 12.3 Å². The molecule has 20 heavy (non-hydrogen) atoms. The number of nitrogens with two attached hydrogens (primary N) is 1. The fourth-order valence-electron chi connectivity index (χ4n) is 1.87. The van der Waals surface area contributed by atoms with E-state index in [0.717, 1.165) is 18.2 Å². The van der Waals surface area contributed by atoms with Crippen LogP contribution in [0, 0.1) is 11.6 Å². The molecule has 0 aliphatic rings. The van der Waals surface area contributed by atoms with Crippen LogP contribution < -0.4 is 10.5 Å². The molecule has 5 heteroatoms. The zero-order chi connectivity index (χ0) is 14.7. The maximum absolute atomic E-state index is 13.7. The van der Waals surface area contributed by atoms with E-state index in [4.69, 9.17) is 10.5 Å². The molecule has 0 spiro atoms. The van der Waals surface area contributed by atoms with Crippen LogP contribution in [0.4, 0.5) is 8.78 Å². The summed E-state index contributed by atoms with van der Waals surface area (Å²) in [5, 5.41) is 0. The number of ether oxygens (including phenoxy) is 1. The maximum Gasteiger partial charge on any atom is 0.138 e. The minimum atomic E-state index is -0.797. The molecular formula is C15H16F2N2O. The summed E-state index contributed by atoms with van der Waals surface area (Å²) in [4.78, 5) is 4.02. The van der Waals surface area contributed by atoms with Crippen molar-refractivity contribution < 1.29 is 13.5 Å². The molecule has 2 aromatic rings. The Balaban J connectivity index is 2.33. The Bertz CT molecular complexity index is 602. The highest BCUT2D eigenvalue weighted by atomic mass is 19.1. The van der Waals surface area contributed by atoms with E-state index < -0.39 is 17.7 Å². The van der Waals surface area contributed by atoms with Crippen LogP contribution in [-0.2, 0) is 0 Å². The van der Waals surface area contributed by atoms with Crippen LogP contribution in [0.5, 0.6) is 5.75 Å². The third-order valence-corrected chi connectivity index (χ3v) is 2.76. The second-order valence-corrected chi connectivity index (χ2v) is 4.76. The van der Waals surface area contributed by atoms with Gasteiger partial charge < -0.3 is 10.5 Å². The topological polar surface area (TPSA) is 48.1 Å². The molecule has 1 heterocycles. The molecule has 0 saturated heterocycles. The van der Waals surface area contributed by atoms with Crippen LogP contribution in [-0.4, -0.2) is 11.1 Å². The Labute approximate surface area is 116 Å². The average Bonchev–Trinajstić information content (AvgIpc) is 2.40. The molecule has 0 bridgehead atoms. The standard InChI is InChI=1S/C15H16F2N2O/c1-9(2)20-12-5-10(7-19-8-12)15(18)13-6-11(16)3-4-14(13)17/h3-9,15H,18H2,1-2H3. The van der Waals surface area contributed by atoms with Gasteiger partial charge in [-0.1, -0.05) is 0 Å². The first-order valence-electron chi connectivity index (χ1n) is 6.29. The van der Waals surface area contributed by atoms with Crippen molar-refractivity contribution in [2.75, 3.05) is 0 Å². The number of pyridine rings is 1. The largest absolute Gasteiger partial charge is 0.489 e. The van der Waals surface area contributed by atoms with Gasteiger partial charge in [0.15, 0.2) is 0 Å². The first-order chi connectivity index (χ1) is 9.47. The second kappa shape index (κ2) is 5.96. The third-order valence-electron chi connectivity index (χ3n) is 2.76. The minimum absolute atomic E-state index is 0.00539. The van der Waals surface area contributed by atoms with Crippen molar-refractivity contribution in [3.05, 3.63) is 59.4 Å². The van der Waals surface area contributed by atoms with E-state index in [0.29, 0.717) is 11.3 Å². The number of aromatic nitrogens is 1. The first-order valence-corrected chi connectivity index (χ1v) is 6.29. The van der Waals surface area contributed by atoms with Gasteiger partial charge in [0.05, 0.1) is 18.3 Å². The highest BCUT2D eigenvalue weighted by molar-refractivity contribution is 5.34. The van der Waals surface area contributed by atoms with Gasteiger partial charge in [-0.25, -0.2) is 8.78 Å². The molecular weight excluding hydrogens is 262 g/mol. The number of hydrogen-bond donors (Lipinski definition) is 1. The molecule has 3 nitrogen and oxygen atoms in total. The predicted molar refractivity (Wildman–Crippen MR) is 72.4 cm³/mol. The maximum atomic E-state index is 13.7. The van der Waals surface area contributed by atoms with Crippen molar-refractivity contribution in [1.29, 1.82) is 0 Å². The number of benzene rings is 1. The Morgan fingerprint density at radius 2 is 1.90 bits per heavy atom. The highest BCUT2D eigenvalue weighted by Crippen LogP contribution is 2.25. The van der Waals surface area contributed by atoms with Gasteiger partial charge in [-0.05, 0) is 43.7 Å². The van der Waals surface area contributed by atoms with Crippen LogP contribution in [0.2, 0.25) is 0 Å². The fourth-order valence-corrected chi connectivity index (χ4v) is 1.87. The quantitative estimate of drug-likeness (QED) is 0.934. The van der Waals surface area contributed by atoms with E-state index in [-0.39, 0.29) is 11.7 Å². The Kier molecular flexibility index (Phi) is 4.29. The molecule has 1 aromatic carbocycles. The monoisotopic (exact) mass is 278 g/mol. The van der Waals surface area contributed by atoms with Crippen LogP contribution in [0.3, 0.4) is 0 Å². The molecule has 0 radical (unpaired) electrons. The summed E-state index contributed by atoms with van der Waals surface area (Å²) in [6.07, 6.45) is 3.06. The normalized spacial score (nSPS) is 12.5. The van der Waals surface area contributed by atoms with Gasteiger partial charge >= 0.3 is 0 Å². The van der Waals surface area contributed by atoms with Gasteiger partial charge in [0.1, 0.15) is 17.4 Å². The summed E-state index contributed by atoms with van der Waals surface area (Å²) >= 11 is 0. The van der Waals surface area contributed by atoms with Crippen LogP contribution in [0.25, 0.3) is 0 Å². The summed E-state index contributed by atoms with van der Waals surface area (Å²) < 4.78 is 32.4. The van der Waals surface area contributed by atoms with Crippen LogP contribution in [0.1, 0.15) is 31.0 Å². The lowest BCUT2D eigenvalue weighted by molar-refractivity contribution is 0.241. The van der Waals surface area contributed by atoms with E-state index in [9.17, 15) is 8.78 Å². The average molecular weight is 278 g/mol. The van der Waals surface area contributed by atoms with Gasteiger partial charge in [0, 0.05) is 11.8 Å². The van der Waals surface area contributed by atoms with Crippen molar-refractivity contribution >= 4 is 0 Å². The van der Waals surface area contributed by atoms with Gasteiger partial charge in [-0.15, -0.1) is 0 Å². The Morgan fingerprint density at radius 1 is 1.15 bits per heavy atom. The van der Waals surface area contributed by atoms with E-state index in [1.807, 2.05) is 13.8 Å². The van der Waals surface area contributed by atoms with Crippen molar-refractivity contribution in [1.82, 2.24) is 4.98 Å². The number of rotatable bonds is 4. The Hall–Kier alpha value is -2.01. The number of hydrogen-bond acceptors (Lipinski definition) is 3. The summed E-state index contributed by atoms with van der Waals surface area (Å²) in [5.74, 6) is -0.529. The molecule has 0 aliphatic heterocycles. The van der Waals surface area contributed by atoms with Gasteiger partial charge in [-0.2, -0.15) is 0 Å². The summed E-state index contributed by atoms with van der Waals surface area (Å²) in [6, 6.07) is 4.10. The second-order valence-electron chi connectivity index (χ2n) is 4.76. The zero-order valence-corrected chi connectivity index (χ0v) is 11.3. The Morgan fingerprint density at radius 3 is 2.60 bits per heavy atom.